The van der Waals surface area contributed by atoms with Gasteiger partial charge in [0.15, 0.2) is 0 Å². The van der Waals surface area contributed by atoms with Crippen LogP contribution in [0.5, 0.6) is 11.5 Å². The molecule has 0 aliphatic rings. The predicted octanol–water partition coefficient (Wildman–Crippen LogP) is 2.44. The molecule has 90 valence electrons. The van der Waals surface area contributed by atoms with Gasteiger partial charge in [0.2, 0.25) is 0 Å². The van der Waals surface area contributed by atoms with Crippen LogP contribution >= 0.6 is 0 Å². The zero-order chi connectivity index (χ0) is 12.2. The third kappa shape index (κ3) is 3.30. The highest BCUT2D eigenvalue weighted by Crippen LogP contribution is 2.32. The van der Waals surface area contributed by atoms with E-state index < -0.39 is 6.36 Å². The highest BCUT2D eigenvalue weighted by atomic mass is 19.4. The predicted molar refractivity (Wildman–Crippen MR) is 52.2 cm³/mol. The van der Waals surface area contributed by atoms with Gasteiger partial charge < -0.3 is 15.2 Å². The molecule has 3 nitrogen and oxygen atoms in total. The van der Waals surface area contributed by atoms with Crippen LogP contribution in [0.1, 0.15) is 12.5 Å². The molecule has 0 spiro atoms. The summed E-state index contributed by atoms with van der Waals surface area (Å²) in [6.07, 6.45) is -4.73. The first kappa shape index (κ1) is 12.6. The quantitative estimate of drug-likeness (QED) is 0.871. The van der Waals surface area contributed by atoms with Crippen LogP contribution in [0.15, 0.2) is 18.2 Å². The molecule has 0 aliphatic heterocycles. The number of hydrogen-bond acceptors (Lipinski definition) is 3. The maximum Gasteiger partial charge on any atom is 0.573 e. The molecule has 6 heteroatoms. The van der Waals surface area contributed by atoms with Crippen molar-refractivity contribution >= 4 is 0 Å². The Kier molecular flexibility index (Phi) is 4.00. The number of benzene rings is 1. The lowest BCUT2D eigenvalue weighted by molar-refractivity contribution is -0.274. The molecule has 0 fully saturated rings. The molecule has 1 aromatic rings. The van der Waals surface area contributed by atoms with Crippen LogP contribution in [0.3, 0.4) is 0 Å². The normalized spacial score (nSPS) is 11.3. The van der Waals surface area contributed by atoms with Crippen molar-refractivity contribution in [2.24, 2.45) is 5.73 Å². The lowest BCUT2D eigenvalue weighted by atomic mass is 10.2. The number of nitrogens with two attached hydrogens (primary N) is 1. The Bertz CT molecular complexity index is 352. The highest BCUT2D eigenvalue weighted by Gasteiger charge is 2.32. The minimum Gasteiger partial charge on any atom is -0.493 e. The second-order valence-electron chi connectivity index (χ2n) is 2.92. The van der Waals surface area contributed by atoms with Gasteiger partial charge in [-0.25, -0.2) is 0 Å². The number of alkyl halides is 3. The van der Waals surface area contributed by atoms with E-state index in [-0.39, 0.29) is 17.9 Å². The fourth-order valence-electron chi connectivity index (χ4n) is 1.26. The van der Waals surface area contributed by atoms with E-state index in [0.717, 1.165) is 0 Å². The van der Waals surface area contributed by atoms with Crippen molar-refractivity contribution in [3.63, 3.8) is 0 Å². The average Bonchev–Trinajstić information content (AvgIpc) is 2.16. The zero-order valence-electron chi connectivity index (χ0n) is 8.67. The molecule has 0 atom stereocenters. The van der Waals surface area contributed by atoms with E-state index >= 15 is 0 Å². The maximum atomic E-state index is 12.1. The first-order chi connectivity index (χ1) is 7.48. The van der Waals surface area contributed by atoms with Crippen molar-refractivity contribution in [2.45, 2.75) is 19.8 Å². The van der Waals surface area contributed by atoms with E-state index in [4.69, 9.17) is 10.5 Å². The van der Waals surface area contributed by atoms with Crippen molar-refractivity contribution in [3.05, 3.63) is 23.8 Å². The van der Waals surface area contributed by atoms with Crippen molar-refractivity contribution < 1.29 is 22.6 Å². The molecule has 0 aliphatic carbocycles. The van der Waals surface area contributed by atoms with Crippen molar-refractivity contribution in [1.29, 1.82) is 0 Å². The monoisotopic (exact) mass is 235 g/mol. The fraction of sp³-hybridized carbons (Fsp3) is 0.400. The van der Waals surface area contributed by atoms with Gasteiger partial charge in [-0.1, -0.05) is 6.07 Å². The van der Waals surface area contributed by atoms with E-state index in [1.54, 1.807) is 13.0 Å². The molecule has 0 radical (unpaired) electrons. The summed E-state index contributed by atoms with van der Waals surface area (Å²) in [5.74, 6) is -0.00676. The number of ether oxygens (including phenoxy) is 2. The van der Waals surface area contributed by atoms with E-state index in [0.29, 0.717) is 12.4 Å². The lowest BCUT2D eigenvalue weighted by Gasteiger charge is -2.15. The smallest absolute Gasteiger partial charge is 0.493 e. The molecule has 0 saturated heterocycles. The van der Waals surface area contributed by atoms with Crippen LogP contribution in [0, 0.1) is 0 Å². The summed E-state index contributed by atoms with van der Waals surface area (Å²) in [5.41, 5.74) is 5.58. The van der Waals surface area contributed by atoms with Gasteiger partial charge in [0.25, 0.3) is 0 Å². The topological polar surface area (TPSA) is 44.5 Å². The van der Waals surface area contributed by atoms with Gasteiger partial charge in [-0.2, -0.15) is 0 Å². The van der Waals surface area contributed by atoms with Gasteiger partial charge in [0.1, 0.15) is 11.5 Å². The molecule has 1 rings (SSSR count). The molecule has 0 saturated carbocycles. The fourth-order valence-corrected chi connectivity index (χ4v) is 1.26. The number of hydrogen-bond donors (Lipinski definition) is 1. The standard InChI is InChI=1S/C10H12F3NO2/c1-2-15-8-4-3-5-9(7(8)6-14)16-10(11,12)13/h3-5H,2,6,14H2,1H3. The highest BCUT2D eigenvalue weighted by molar-refractivity contribution is 5.44. The Morgan fingerprint density at radius 3 is 2.38 bits per heavy atom. The summed E-state index contributed by atoms with van der Waals surface area (Å²) in [6.45, 7) is 2.00. The first-order valence-corrected chi connectivity index (χ1v) is 4.68. The van der Waals surface area contributed by atoms with E-state index in [1.807, 2.05) is 0 Å². The Balaban J connectivity index is 3.04. The van der Waals surface area contributed by atoms with Crippen molar-refractivity contribution in [2.75, 3.05) is 6.61 Å². The molecular weight excluding hydrogens is 223 g/mol. The second kappa shape index (κ2) is 5.07. The van der Waals surface area contributed by atoms with Crippen LogP contribution in [0.2, 0.25) is 0 Å². The lowest BCUT2D eigenvalue weighted by Crippen LogP contribution is -2.19. The molecule has 0 aromatic heterocycles. The Morgan fingerprint density at radius 1 is 1.25 bits per heavy atom. The maximum absolute atomic E-state index is 12.1. The summed E-state index contributed by atoms with van der Waals surface area (Å²) in [5, 5.41) is 0. The Morgan fingerprint density at radius 2 is 1.88 bits per heavy atom. The Labute approximate surface area is 91.0 Å². The third-order valence-electron chi connectivity index (χ3n) is 1.82. The molecule has 1 aromatic carbocycles. The van der Waals surface area contributed by atoms with Crippen LogP contribution < -0.4 is 15.2 Å². The third-order valence-corrected chi connectivity index (χ3v) is 1.82. The molecular formula is C10H12F3NO2. The molecule has 0 bridgehead atoms. The Hall–Kier alpha value is -1.43. The SMILES string of the molecule is CCOc1cccc(OC(F)(F)F)c1CN. The van der Waals surface area contributed by atoms with Gasteiger partial charge in [0.05, 0.1) is 12.2 Å². The summed E-state index contributed by atoms with van der Waals surface area (Å²) in [6, 6.07) is 4.18. The number of rotatable bonds is 4. The molecule has 0 heterocycles. The summed E-state index contributed by atoms with van der Waals surface area (Å²) in [7, 11) is 0. The van der Waals surface area contributed by atoms with Gasteiger partial charge in [0, 0.05) is 6.54 Å². The molecule has 0 amide bonds. The van der Waals surface area contributed by atoms with Crippen LogP contribution in [-0.4, -0.2) is 13.0 Å². The largest absolute Gasteiger partial charge is 0.573 e. The van der Waals surface area contributed by atoms with E-state index in [2.05, 4.69) is 4.74 Å². The molecule has 16 heavy (non-hydrogen) atoms. The summed E-state index contributed by atoms with van der Waals surface area (Å²) >= 11 is 0. The van der Waals surface area contributed by atoms with Gasteiger partial charge in [-0.05, 0) is 19.1 Å². The molecule has 0 unspecified atom stereocenters. The van der Waals surface area contributed by atoms with E-state index in [9.17, 15) is 13.2 Å². The minimum absolute atomic E-state index is 0.0818. The second-order valence-corrected chi connectivity index (χ2v) is 2.92. The molecule has 2 N–H and O–H groups in total. The van der Waals surface area contributed by atoms with Crippen molar-refractivity contribution in [3.8, 4) is 11.5 Å². The average molecular weight is 235 g/mol. The van der Waals surface area contributed by atoms with Crippen LogP contribution in [-0.2, 0) is 6.54 Å². The van der Waals surface area contributed by atoms with Crippen molar-refractivity contribution in [1.82, 2.24) is 0 Å². The van der Waals surface area contributed by atoms with Gasteiger partial charge in [-0.15, -0.1) is 13.2 Å². The van der Waals surface area contributed by atoms with E-state index in [1.165, 1.54) is 12.1 Å². The van der Waals surface area contributed by atoms with Crippen LogP contribution in [0.4, 0.5) is 13.2 Å². The summed E-state index contributed by atoms with van der Waals surface area (Å²) < 4.78 is 45.2. The summed E-state index contributed by atoms with van der Waals surface area (Å²) in [4.78, 5) is 0. The van der Waals surface area contributed by atoms with Gasteiger partial charge in [-0.3, -0.25) is 0 Å². The first-order valence-electron chi connectivity index (χ1n) is 4.68. The van der Waals surface area contributed by atoms with Crippen LogP contribution in [0.25, 0.3) is 0 Å². The minimum atomic E-state index is -4.73. The number of halogens is 3. The van der Waals surface area contributed by atoms with Gasteiger partial charge >= 0.3 is 6.36 Å². The zero-order valence-corrected chi connectivity index (χ0v) is 8.67.